The fourth-order valence-electron chi connectivity index (χ4n) is 2.24. The quantitative estimate of drug-likeness (QED) is 0.384. The highest BCUT2D eigenvalue weighted by Gasteiger charge is 2.17. The first-order chi connectivity index (χ1) is 9.29. The maximum Gasteiger partial charge on any atom is 0.0418 e. The number of halogens is 1. The largest absolute Gasteiger partial charge is 0.0877 e. The van der Waals surface area contributed by atoms with Crippen molar-refractivity contribution in [2.24, 2.45) is 0 Å². The molecule has 1 aliphatic heterocycles. The lowest BCUT2D eigenvalue weighted by Gasteiger charge is -2.19. The molecule has 19 heavy (non-hydrogen) atoms. The van der Waals surface area contributed by atoms with Crippen LogP contribution in [0.25, 0.3) is 10.8 Å². The van der Waals surface area contributed by atoms with Gasteiger partial charge in [-0.3, -0.25) is 0 Å². The fourth-order valence-corrected chi connectivity index (χ4v) is 4.79. The van der Waals surface area contributed by atoms with Crippen molar-refractivity contribution in [2.75, 3.05) is 0 Å². The Bertz CT molecular complexity index is 796. The Balaban J connectivity index is 1.90. The Hall–Kier alpha value is -1.09. The molecule has 0 bridgehead atoms. The second-order valence-electron chi connectivity index (χ2n) is 4.44. The lowest BCUT2D eigenvalue weighted by atomic mass is 10.1. The molecule has 0 atom stereocenters. The third-order valence-electron chi connectivity index (χ3n) is 3.16. The number of benzene rings is 3. The van der Waals surface area contributed by atoms with E-state index in [0.29, 0.717) is 0 Å². The second-order valence-corrected chi connectivity index (χ2v) is 7.05. The topological polar surface area (TPSA) is 0 Å². The van der Waals surface area contributed by atoms with E-state index >= 15 is 0 Å². The molecule has 1 aliphatic rings. The molecule has 0 aliphatic carbocycles. The highest BCUT2D eigenvalue weighted by atomic mass is 35.5. The SMILES string of the molecule is Clc1ccc2c(c1)Sc1cc3ccccc3cc1S2. The third kappa shape index (κ3) is 2.04. The number of fused-ring (bicyclic) bond motifs is 3. The molecule has 0 N–H and O–H groups in total. The van der Waals surface area contributed by atoms with E-state index in [9.17, 15) is 0 Å². The van der Waals surface area contributed by atoms with Gasteiger partial charge in [-0.1, -0.05) is 59.4 Å². The van der Waals surface area contributed by atoms with E-state index in [4.69, 9.17) is 11.6 Å². The molecule has 0 fully saturated rings. The summed E-state index contributed by atoms with van der Waals surface area (Å²) in [7, 11) is 0. The van der Waals surface area contributed by atoms with Crippen LogP contribution < -0.4 is 0 Å². The van der Waals surface area contributed by atoms with Crippen molar-refractivity contribution < 1.29 is 0 Å². The van der Waals surface area contributed by atoms with E-state index in [0.717, 1.165) is 5.02 Å². The molecule has 0 nitrogen and oxygen atoms in total. The number of hydrogen-bond acceptors (Lipinski definition) is 2. The normalized spacial score (nSPS) is 13.1. The van der Waals surface area contributed by atoms with E-state index in [1.165, 1.54) is 30.4 Å². The smallest absolute Gasteiger partial charge is 0.0418 e. The van der Waals surface area contributed by atoms with Gasteiger partial charge < -0.3 is 0 Å². The highest BCUT2D eigenvalue weighted by molar-refractivity contribution is 8.05. The van der Waals surface area contributed by atoms with Crippen molar-refractivity contribution in [1.82, 2.24) is 0 Å². The molecule has 0 saturated heterocycles. The summed E-state index contributed by atoms with van der Waals surface area (Å²) in [6, 6.07) is 19.2. The Kier molecular flexibility index (Phi) is 2.76. The second kappa shape index (κ2) is 4.48. The van der Waals surface area contributed by atoms with Crippen LogP contribution in [0.15, 0.2) is 74.2 Å². The van der Waals surface area contributed by atoms with Crippen molar-refractivity contribution >= 4 is 45.9 Å². The van der Waals surface area contributed by atoms with Crippen LogP contribution in [0.2, 0.25) is 5.02 Å². The van der Waals surface area contributed by atoms with Gasteiger partial charge in [0.25, 0.3) is 0 Å². The predicted molar refractivity (Wildman–Crippen MR) is 83.6 cm³/mol. The zero-order chi connectivity index (χ0) is 12.8. The standard InChI is InChI=1S/C16H9ClS2/c17-12-5-6-13-16(9-12)19-15-8-11-4-2-1-3-10(11)7-14(15)18-13/h1-9H. The zero-order valence-corrected chi connectivity index (χ0v) is 12.3. The molecular weight excluding hydrogens is 292 g/mol. The van der Waals surface area contributed by atoms with E-state index < -0.39 is 0 Å². The van der Waals surface area contributed by atoms with Gasteiger partial charge in [-0.15, -0.1) is 0 Å². The van der Waals surface area contributed by atoms with Gasteiger partial charge in [0.15, 0.2) is 0 Å². The average molecular weight is 301 g/mol. The van der Waals surface area contributed by atoms with Gasteiger partial charge in [0.2, 0.25) is 0 Å². The van der Waals surface area contributed by atoms with Crippen molar-refractivity contribution in [3.8, 4) is 0 Å². The van der Waals surface area contributed by atoms with Gasteiger partial charge in [-0.25, -0.2) is 0 Å². The van der Waals surface area contributed by atoms with Crippen LogP contribution in [-0.4, -0.2) is 0 Å². The van der Waals surface area contributed by atoms with Crippen LogP contribution >= 0.6 is 35.1 Å². The monoisotopic (exact) mass is 300 g/mol. The molecule has 3 aromatic rings. The maximum atomic E-state index is 6.08. The van der Waals surface area contributed by atoms with Gasteiger partial charge in [0.05, 0.1) is 0 Å². The minimum atomic E-state index is 0.802. The molecule has 3 heteroatoms. The van der Waals surface area contributed by atoms with E-state index in [-0.39, 0.29) is 0 Å². The minimum Gasteiger partial charge on any atom is -0.0877 e. The molecule has 1 heterocycles. The first-order valence-electron chi connectivity index (χ1n) is 5.98. The summed E-state index contributed by atoms with van der Waals surface area (Å²) >= 11 is 9.71. The summed E-state index contributed by atoms with van der Waals surface area (Å²) in [4.78, 5) is 5.19. The van der Waals surface area contributed by atoms with Gasteiger partial charge in [0.1, 0.15) is 0 Å². The molecular formula is C16H9ClS2. The lowest BCUT2D eigenvalue weighted by Crippen LogP contribution is -1.89. The van der Waals surface area contributed by atoms with Gasteiger partial charge in [-0.05, 0) is 41.1 Å². The molecule has 92 valence electrons. The Morgan fingerprint density at radius 3 is 1.89 bits per heavy atom. The van der Waals surface area contributed by atoms with Gasteiger partial charge in [0, 0.05) is 24.6 Å². The molecule has 0 radical (unpaired) electrons. The summed E-state index contributed by atoms with van der Waals surface area (Å²) in [6.45, 7) is 0. The Labute approximate surface area is 125 Å². The van der Waals surface area contributed by atoms with Gasteiger partial charge in [-0.2, -0.15) is 0 Å². The van der Waals surface area contributed by atoms with Crippen LogP contribution in [0, 0.1) is 0 Å². The van der Waals surface area contributed by atoms with Crippen molar-refractivity contribution in [1.29, 1.82) is 0 Å². The third-order valence-corrected chi connectivity index (χ3v) is 5.90. The highest BCUT2D eigenvalue weighted by Crippen LogP contribution is 2.49. The summed E-state index contributed by atoms with van der Waals surface area (Å²) < 4.78 is 0. The molecule has 4 rings (SSSR count). The molecule has 0 unspecified atom stereocenters. The van der Waals surface area contributed by atoms with Gasteiger partial charge >= 0.3 is 0 Å². The van der Waals surface area contributed by atoms with Crippen molar-refractivity contribution in [3.05, 3.63) is 59.6 Å². The average Bonchev–Trinajstić information content (AvgIpc) is 2.43. The summed E-state index contributed by atoms with van der Waals surface area (Å²) in [6.07, 6.45) is 0. The van der Waals surface area contributed by atoms with Crippen LogP contribution in [0.3, 0.4) is 0 Å². The van der Waals surface area contributed by atoms with Crippen molar-refractivity contribution in [3.63, 3.8) is 0 Å². The van der Waals surface area contributed by atoms with E-state index in [1.807, 2.05) is 23.9 Å². The Morgan fingerprint density at radius 2 is 1.21 bits per heavy atom. The molecule has 0 amide bonds. The molecule has 0 saturated carbocycles. The van der Waals surface area contributed by atoms with Crippen LogP contribution in [0.5, 0.6) is 0 Å². The zero-order valence-electron chi connectivity index (χ0n) is 9.89. The van der Waals surface area contributed by atoms with Crippen LogP contribution in [0.1, 0.15) is 0 Å². The summed E-state index contributed by atoms with van der Waals surface area (Å²) in [5, 5.41) is 3.39. The summed E-state index contributed by atoms with van der Waals surface area (Å²) in [5.74, 6) is 0. The summed E-state index contributed by atoms with van der Waals surface area (Å²) in [5.41, 5.74) is 0. The van der Waals surface area contributed by atoms with Crippen molar-refractivity contribution in [2.45, 2.75) is 19.6 Å². The van der Waals surface area contributed by atoms with E-state index in [1.54, 1.807) is 11.8 Å². The van der Waals surface area contributed by atoms with Crippen LogP contribution in [-0.2, 0) is 0 Å². The number of hydrogen-bond donors (Lipinski definition) is 0. The number of rotatable bonds is 0. The first kappa shape index (κ1) is 11.7. The first-order valence-corrected chi connectivity index (χ1v) is 7.99. The minimum absolute atomic E-state index is 0.802. The maximum absolute atomic E-state index is 6.08. The van der Waals surface area contributed by atoms with Crippen LogP contribution in [0.4, 0.5) is 0 Å². The lowest BCUT2D eigenvalue weighted by molar-refractivity contribution is 1.17. The van der Waals surface area contributed by atoms with E-state index in [2.05, 4.69) is 42.5 Å². The Morgan fingerprint density at radius 1 is 0.632 bits per heavy atom. The molecule has 3 aromatic carbocycles. The molecule has 0 spiro atoms. The molecule has 0 aromatic heterocycles. The predicted octanol–water partition coefficient (Wildman–Crippen LogP) is 6.11. The fraction of sp³-hybridized carbons (Fsp3) is 0.